The first kappa shape index (κ1) is 8.35. The van der Waals surface area contributed by atoms with Crippen LogP contribution in [0.15, 0.2) is 12.1 Å². The predicted molar refractivity (Wildman–Crippen MR) is 50.6 cm³/mol. The molecule has 0 fully saturated rings. The number of aryl methyl sites for hydroxylation is 1. The first-order chi connectivity index (χ1) is 6.20. The number of rotatable bonds is 0. The average Bonchev–Trinajstić information content (AvgIpc) is 2.39. The van der Waals surface area contributed by atoms with Gasteiger partial charge in [0.05, 0.1) is 0 Å². The van der Waals surface area contributed by atoms with Crippen LogP contribution in [0.1, 0.15) is 24.4 Å². The monoisotopic (exact) mass is 178 g/mol. The van der Waals surface area contributed by atoms with Gasteiger partial charge in [-0.1, -0.05) is 0 Å². The van der Waals surface area contributed by atoms with E-state index >= 15 is 0 Å². The number of fused-ring (bicyclic) bond motifs is 1. The highest BCUT2D eigenvalue weighted by Gasteiger charge is 2.21. The fraction of sp³-hybridized carbons (Fsp3) is 0.500. The molecule has 0 aromatic carbocycles. The second kappa shape index (κ2) is 2.91. The van der Waals surface area contributed by atoms with Crippen LogP contribution in [0.25, 0.3) is 0 Å². The van der Waals surface area contributed by atoms with Gasteiger partial charge in [0.2, 0.25) is 5.91 Å². The van der Waals surface area contributed by atoms with Crippen molar-refractivity contribution in [2.24, 2.45) is 0 Å². The Balaban J connectivity index is 2.49. The Morgan fingerprint density at radius 3 is 3.08 bits per heavy atom. The van der Waals surface area contributed by atoms with E-state index in [4.69, 9.17) is 0 Å². The van der Waals surface area contributed by atoms with E-state index < -0.39 is 0 Å². The Bertz CT molecular complexity index is 341. The third-order valence-corrected chi connectivity index (χ3v) is 2.65. The van der Waals surface area contributed by atoms with Gasteiger partial charge in [-0.25, -0.2) is 0 Å². The van der Waals surface area contributed by atoms with Gasteiger partial charge in [-0.15, -0.1) is 0 Å². The summed E-state index contributed by atoms with van der Waals surface area (Å²) in [7, 11) is 0. The molecule has 0 bridgehead atoms. The fourth-order valence-electron chi connectivity index (χ4n) is 1.94. The molecule has 0 spiro atoms. The molecule has 1 amide bonds. The van der Waals surface area contributed by atoms with Crippen molar-refractivity contribution in [1.82, 2.24) is 9.88 Å². The maximum Gasteiger partial charge on any atom is 0.242 e. The van der Waals surface area contributed by atoms with Gasteiger partial charge in [0.15, 0.2) is 0 Å². The average molecular weight is 178 g/mol. The molecular weight excluding hydrogens is 164 g/mol. The van der Waals surface area contributed by atoms with Crippen LogP contribution in [0.2, 0.25) is 0 Å². The Labute approximate surface area is 77.7 Å². The van der Waals surface area contributed by atoms with E-state index in [0.29, 0.717) is 0 Å². The topological polar surface area (TPSA) is 34.0 Å². The van der Waals surface area contributed by atoms with Gasteiger partial charge in [-0.2, -0.15) is 0 Å². The van der Waals surface area contributed by atoms with E-state index in [9.17, 15) is 4.79 Å². The van der Waals surface area contributed by atoms with Crippen LogP contribution in [0, 0.1) is 6.92 Å². The Kier molecular flexibility index (Phi) is 1.87. The van der Waals surface area contributed by atoms with Gasteiger partial charge < -0.3 is 9.88 Å². The first-order valence-corrected chi connectivity index (χ1v) is 4.64. The Morgan fingerprint density at radius 2 is 2.31 bits per heavy atom. The molecule has 2 heterocycles. The zero-order valence-electron chi connectivity index (χ0n) is 8.00. The van der Waals surface area contributed by atoms with Crippen LogP contribution in [-0.4, -0.2) is 17.0 Å². The highest BCUT2D eigenvalue weighted by atomic mass is 16.2. The van der Waals surface area contributed by atoms with Crippen LogP contribution in [0.4, 0.5) is 0 Å². The SMILES string of the molecule is Cc1ccc2n1[C@@H](C)C(=O)NCC2. The molecule has 2 rings (SSSR count). The largest absolute Gasteiger partial charge is 0.354 e. The summed E-state index contributed by atoms with van der Waals surface area (Å²) in [6.07, 6.45) is 0.934. The molecule has 0 unspecified atom stereocenters. The number of aromatic nitrogens is 1. The number of amides is 1. The third-order valence-electron chi connectivity index (χ3n) is 2.65. The van der Waals surface area contributed by atoms with E-state index in [-0.39, 0.29) is 11.9 Å². The maximum absolute atomic E-state index is 11.5. The van der Waals surface area contributed by atoms with E-state index in [1.54, 1.807) is 0 Å². The third kappa shape index (κ3) is 1.24. The summed E-state index contributed by atoms with van der Waals surface area (Å²) in [4.78, 5) is 11.5. The van der Waals surface area contributed by atoms with Crippen molar-refractivity contribution in [2.45, 2.75) is 26.3 Å². The first-order valence-electron chi connectivity index (χ1n) is 4.64. The van der Waals surface area contributed by atoms with Crippen LogP contribution in [0.5, 0.6) is 0 Å². The number of hydrogen-bond acceptors (Lipinski definition) is 1. The minimum absolute atomic E-state index is 0.0625. The molecular formula is C10H14N2O. The quantitative estimate of drug-likeness (QED) is 0.632. The van der Waals surface area contributed by atoms with Gasteiger partial charge >= 0.3 is 0 Å². The minimum atomic E-state index is -0.0625. The summed E-state index contributed by atoms with van der Waals surface area (Å²) in [6.45, 7) is 4.74. The zero-order valence-corrected chi connectivity index (χ0v) is 8.00. The van der Waals surface area contributed by atoms with Crippen molar-refractivity contribution < 1.29 is 4.79 Å². The summed E-state index contributed by atoms with van der Waals surface area (Å²) in [6, 6.07) is 4.11. The molecule has 0 radical (unpaired) electrons. The van der Waals surface area contributed by atoms with Crippen LogP contribution >= 0.6 is 0 Å². The Hall–Kier alpha value is -1.25. The molecule has 13 heavy (non-hydrogen) atoms. The normalized spacial score (nSPS) is 22.0. The van der Waals surface area contributed by atoms with E-state index in [0.717, 1.165) is 13.0 Å². The van der Waals surface area contributed by atoms with Crippen molar-refractivity contribution in [1.29, 1.82) is 0 Å². The highest BCUT2D eigenvalue weighted by molar-refractivity contribution is 5.80. The van der Waals surface area contributed by atoms with Gasteiger partial charge in [-0.05, 0) is 26.0 Å². The highest BCUT2D eigenvalue weighted by Crippen LogP contribution is 2.18. The molecule has 0 aliphatic carbocycles. The number of carbonyl (C=O) groups excluding carboxylic acids is 1. The summed E-state index contributed by atoms with van der Waals surface area (Å²) in [5, 5.41) is 2.89. The lowest BCUT2D eigenvalue weighted by atomic mass is 10.3. The van der Waals surface area contributed by atoms with Crippen molar-refractivity contribution >= 4 is 5.91 Å². The Morgan fingerprint density at radius 1 is 1.54 bits per heavy atom. The molecule has 1 aliphatic rings. The zero-order chi connectivity index (χ0) is 9.42. The summed E-state index contributed by atoms with van der Waals surface area (Å²) in [5.74, 6) is 0.123. The molecule has 1 aliphatic heterocycles. The number of hydrogen-bond donors (Lipinski definition) is 1. The summed E-state index contributed by atoms with van der Waals surface area (Å²) >= 11 is 0. The minimum Gasteiger partial charge on any atom is -0.354 e. The van der Waals surface area contributed by atoms with Gasteiger partial charge in [0.25, 0.3) is 0 Å². The van der Waals surface area contributed by atoms with Gasteiger partial charge in [0, 0.05) is 24.4 Å². The number of nitrogens with one attached hydrogen (secondary N) is 1. The van der Waals surface area contributed by atoms with E-state index in [2.05, 4.69) is 22.0 Å². The molecule has 3 heteroatoms. The molecule has 1 atom stereocenters. The van der Waals surface area contributed by atoms with Crippen molar-refractivity contribution in [2.75, 3.05) is 6.54 Å². The molecule has 0 saturated heterocycles. The number of carbonyl (C=O) groups is 1. The molecule has 1 aromatic heterocycles. The summed E-state index contributed by atoms with van der Waals surface area (Å²) in [5.41, 5.74) is 2.42. The predicted octanol–water partition coefficient (Wildman–Crippen LogP) is 1.03. The molecule has 3 nitrogen and oxygen atoms in total. The lowest BCUT2D eigenvalue weighted by Gasteiger charge is -2.14. The van der Waals surface area contributed by atoms with Crippen LogP contribution in [-0.2, 0) is 11.2 Å². The van der Waals surface area contributed by atoms with E-state index in [1.165, 1.54) is 11.4 Å². The van der Waals surface area contributed by atoms with Gasteiger partial charge in [-0.3, -0.25) is 4.79 Å². The standard InChI is InChI=1S/C10H14N2O/c1-7-3-4-9-5-6-11-10(13)8(2)12(7)9/h3-4,8H,5-6H2,1-2H3,(H,11,13)/t8-/m0/s1. The second-order valence-electron chi connectivity index (χ2n) is 3.55. The smallest absolute Gasteiger partial charge is 0.242 e. The molecule has 70 valence electrons. The summed E-state index contributed by atoms with van der Waals surface area (Å²) < 4.78 is 2.11. The fourth-order valence-corrected chi connectivity index (χ4v) is 1.94. The molecule has 0 saturated carbocycles. The molecule has 1 aromatic rings. The van der Waals surface area contributed by atoms with Crippen molar-refractivity contribution in [3.63, 3.8) is 0 Å². The van der Waals surface area contributed by atoms with Crippen molar-refractivity contribution in [3.05, 3.63) is 23.5 Å². The van der Waals surface area contributed by atoms with Gasteiger partial charge in [0.1, 0.15) is 6.04 Å². The van der Waals surface area contributed by atoms with Crippen LogP contribution in [0.3, 0.4) is 0 Å². The lowest BCUT2D eigenvalue weighted by molar-refractivity contribution is -0.123. The van der Waals surface area contributed by atoms with Crippen molar-refractivity contribution in [3.8, 4) is 0 Å². The molecule has 1 N–H and O–H groups in total. The maximum atomic E-state index is 11.5. The van der Waals surface area contributed by atoms with E-state index in [1.807, 2.05) is 13.8 Å². The second-order valence-corrected chi connectivity index (χ2v) is 3.55. The number of nitrogens with zero attached hydrogens (tertiary/aromatic N) is 1. The lowest BCUT2D eigenvalue weighted by Crippen LogP contribution is -2.29. The van der Waals surface area contributed by atoms with Crippen LogP contribution < -0.4 is 5.32 Å².